The molecule has 2 N–H and O–H groups in total. The molecule has 2 aromatic rings. The first-order chi connectivity index (χ1) is 8.16. The lowest BCUT2D eigenvalue weighted by atomic mass is 10.2. The van der Waals surface area contributed by atoms with Crippen LogP contribution < -0.4 is 5.32 Å². The van der Waals surface area contributed by atoms with Gasteiger partial charge in [-0.05, 0) is 12.1 Å². The van der Waals surface area contributed by atoms with Crippen molar-refractivity contribution in [2.45, 2.75) is 0 Å². The number of nitrogens with zero attached hydrogens (tertiary/aromatic N) is 2. The van der Waals surface area contributed by atoms with E-state index in [0.29, 0.717) is 5.69 Å². The predicted molar refractivity (Wildman–Crippen MR) is 62.3 cm³/mol. The van der Waals surface area contributed by atoms with Crippen molar-refractivity contribution in [1.29, 1.82) is 0 Å². The molecule has 0 saturated heterocycles. The van der Waals surface area contributed by atoms with Crippen LogP contribution in [-0.2, 0) is 0 Å². The van der Waals surface area contributed by atoms with Gasteiger partial charge >= 0.3 is 0 Å². The molecule has 0 radical (unpaired) electrons. The number of phenols is 1. The maximum Gasteiger partial charge on any atom is 0.295 e. The number of rotatable bonds is 3. The maximum atomic E-state index is 10.8. The minimum atomic E-state index is -0.493. The molecule has 1 aromatic carbocycles. The molecule has 86 valence electrons. The fourth-order valence-electron chi connectivity index (χ4n) is 1.38. The fourth-order valence-corrected chi connectivity index (χ4v) is 1.38. The number of hydrogen-bond acceptors (Lipinski definition) is 5. The van der Waals surface area contributed by atoms with E-state index in [0.717, 1.165) is 0 Å². The normalized spacial score (nSPS) is 9.88. The molecule has 0 aliphatic heterocycles. The van der Waals surface area contributed by atoms with E-state index in [-0.39, 0.29) is 17.1 Å². The zero-order chi connectivity index (χ0) is 12.3. The van der Waals surface area contributed by atoms with Crippen LogP contribution in [0.3, 0.4) is 0 Å². The zero-order valence-electron chi connectivity index (χ0n) is 8.70. The smallest absolute Gasteiger partial charge is 0.295 e. The molecule has 17 heavy (non-hydrogen) atoms. The Balaban J connectivity index is 2.33. The number of aromatic nitrogens is 1. The Labute approximate surface area is 96.7 Å². The number of hydrogen-bond donors (Lipinski definition) is 2. The largest absolute Gasteiger partial charge is 0.508 e. The van der Waals surface area contributed by atoms with E-state index in [1.54, 1.807) is 12.1 Å². The summed E-state index contributed by atoms with van der Waals surface area (Å²) in [4.78, 5) is 14.1. The van der Waals surface area contributed by atoms with Crippen LogP contribution in [0.5, 0.6) is 5.75 Å². The minimum Gasteiger partial charge on any atom is -0.508 e. The van der Waals surface area contributed by atoms with Crippen molar-refractivity contribution in [2.75, 3.05) is 5.32 Å². The Morgan fingerprint density at radius 2 is 2.18 bits per heavy atom. The lowest BCUT2D eigenvalue weighted by Crippen LogP contribution is -1.97. The van der Waals surface area contributed by atoms with Crippen LogP contribution in [0.1, 0.15) is 0 Å². The first-order valence-electron chi connectivity index (χ1n) is 4.81. The quantitative estimate of drug-likeness (QED) is 0.625. The van der Waals surface area contributed by atoms with Crippen LogP contribution in [0.2, 0.25) is 0 Å². The standard InChI is InChI=1S/C11H9N3O3/c15-9-3-1-2-8(6-9)13-10-7-12-5-4-11(10)14(16)17/h1-7,13,15H. The number of anilines is 2. The van der Waals surface area contributed by atoms with Gasteiger partial charge in [-0.2, -0.15) is 0 Å². The highest BCUT2D eigenvalue weighted by Gasteiger charge is 2.12. The van der Waals surface area contributed by atoms with Crippen LogP contribution in [0.15, 0.2) is 42.7 Å². The van der Waals surface area contributed by atoms with E-state index in [2.05, 4.69) is 10.3 Å². The molecule has 1 aromatic heterocycles. The second-order valence-electron chi connectivity index (χ2n) is 3.33. The van der Waals surface area contributed by atoms with Crippen LogP contribution in [-0.4, -0.2) is 15.0 Å². The van der Waals surface area contributed by atoms with E-state index in [9.17, 15) is 15.2 Å². The topological polar surface area (TPSA) is 88.3 Å². The van der Waals surface area contributed by atoms with Crippen molar-refractivity contribution in [1.82, 2.24) is 4.98 Å². The summed E-state index contributed by atoms with van der Waals surface area (Å²) in [5.74, 6) is 0.0848. The van der Waals surface area contributed by atoms with E-state index >= 15 is 0 Å². The first-order valence-corrected chi connectivity index (χ1v) is 4.81. The fraction of sp³-hybridized carbons (Fsp3) is 0. The van der Waals surface area contributed by atoms with Gasteiger partial charge in [0.15, 0.2) is 0 Å². The van der Waals surface area contributed by atoms with Crippen molar-refractivity contribution in [2.24, 2.45) is 0 Å². The highest BCUT2D eigenvalue weighted by molar-refractivity contribution is 5.68. The van der Waals surface area contributed by atoms with Crippen molar-refractivity contribution in [3.8, 4) is 5.75 Å². The van der Waals surface area contributed by atoms with Crippen LogP contribution in [0, 0.1) is 10.1 Å². The number of benzene rings is 1. The third-order valence-corrected chi connectivity index (χ3v) is 2.12. The van der Waals surface area contributed by atoms with Gasteiger partial charge in [-0.1, -0.05) is 6.07 Å². The highest BCUT2D eigenvalue weighted by Crippen LogP contribution is 2.27. The molecular formula is C11H9N3O3. The summed E-state index contributed by atoms with van der Waals surface area (Å²) in [5, 5.41) is 22.9. The van der Waals surface area contributed by atoms with Crippen molar-refractivity contribution in [3.05, 3.63) is 52.8 Å². The molecule has 0 atom stereocenters. The number of nitrogens with one attached hydrogen (secondary N) is 1. The Bertz CT molecular complexity index is 557. The molecule has 0 fully saturated rings. The molecule has 2 rings (SSSR count). The molecular weight excluding hydrogens is 222 g/mol. The average Bonchev–Trinajstić information content (AvgIpc) is 2.29. The molecule has 0 aliphatic rings. The summed E-state index contributed by atoms with van der Waals surface area (Å²) >= 11 is 0. The molecule has 0 unspecified atom stereocenters. The van der Waals surface area contributed by atoms with Crippen LogP contribution in [0.25, 0.3) is 0 Å². The summed E-state index contributed by atoms with van der Waals surface area (Å²) in [6.45, 7) is 0. The van der Waals surface area contributed by atoms with Gasteiger partial charge in [0.25, 0.3) is 5.69 Å². The van der Waals surface area contributed by atoms with Gasteiger partial charge in [-0.25, -0.2) is 0 Å². The van der Waals surface area contributed by atoms with Crippen LogP contribution >= 0.6 is 0 Å². The van der Waals surface area contributed by atoms with E-state index in [4.69, 9.17) is 0 Å². The minimum absolute atomic E-state index is 0.0663. The number of pyridine rings is 1. The lowest BCUT2D eigenvalue weighted by molar-refractivity contribution is -0.384. The summed E-state index contributed by atoms with van der Waals surface area (Å²) in [6, 6.07) is 7.63. The monoisotopic (exact) mass is 231 g/mol. The van der Waals surface area contributed by atoms with Gasteiger partial charge in [0.2, 0.25) is 0 Å². The van der Waals surface area contributed by atoms with E-state index < -0.39 is 4.92 Å². The second kappa shape index (κ2) is 4.48. The highest BCUT2D eigenvalue weighted by atomic mass is 16.6. The summed E-state index contributed by atoms with van der Waals surface area (Å²) in [7, 11) is 0. The Hall–Kier alpha value is -2.63. The Morgan fingerprint density at radius 3 is 2.88 bits per heavy atom. The Kier molecular flexibility index (Phi) is 2.87. The molecule has 6 nitrogen and oxygen atoms in total. The third kappa shape index (κ3) is 2.49. The molecule has 0 saturated carbocycles. The van der Waals surface area contributed by atoms with Gasteiger partial charge in [-0.3, -0.25) is 15.1 Å². The zero-order valence-corrected chi connectivity index (χ0v) is 8.70. The number of nitro groups is 1. The van der Waals surface area contributed by atoms with Crippen molar-refractivity contribution >= 4 is 17.1 Å². The maximum absolute atomic E-state index is 10.8. The molecule has 1 heterocycles. The summed E-state index contributed by atoms with van der Waals surface area (Å²) < 4.78 is 0. The molecule has 0 bridgehead atoms. The first kappa shape index (κ1) is 10.9. The molecule has 0 amide bonds. The SMILES string of the molecule is O=[N+]([O-])c1ccncc1Nc1cccc(O)c1. The number of phenolic OH excluding ortho intramolecular Hbond substituents is 1. The summed E-state index contributed by atoms with van der Waals surface area (Å²) in [5.41, 5.74) is 0.771. The van der Waals surface area contributed by atoms with Crippen molar-refractivity contribution in [3.63, 3.8) is 0 Å². The van der Waals surface area contributed by atoms with Gasteiger partial charge in [-0.15, -0.1) is 0 Å². The second-order valence-corrected chi connectivity index (χ2v) is 3.33. The number of aromatic hydroxyl groups is 1. The van der Waals surface area contributed by atoms with E-state index in [1.165, 1.54) is 30.6 Å². The van der Waals surface area contributed by atoms with Gasteiger partial charge in [0.05, 0.1) is 11.1 Å². The van der Waals surface area contributed by atoms with Crippen molar-refractivity contribution < 1.29 is 10.0 Å². The predicted octanol–water partition coefficient (Wildman–Crippen LogP) is 2.44. The van der Waals surface area contributed by atoms with E-state index in [1.807, 2.05) is 0 Å². The summed E-state index contributed by atoms with van der Waals surface area (Å²) in [6.07, 6.45) is 2.72. The Morgan fingerprint density at radius 1 is 1.35 bits per heavy atom. The van der Waals surface area contributed by atoms with Crippen LogP contribution in [0.4, 0.5) is 17.1 Å². The molecule has 0 aliphatic carbocycles. The van der Waals surface area contributed by atoms with Gasteiger partial charge in [0, 0.05) is 24.0 Å². The van der Waals surface area contributed by atoms with Gasteiger partial charge in [0.1, 0.15) is 11.4 Å². The lowest BCUT2D eigenvalue weighted by Gasteiger charge is -2.06. The molecule has 0 spiro atoms. The van der Waals surface area contributed by atoms with Gasteiger partial charge < -0.3 is 10.4 Å². The average molecular weight is 231 g/mol. The molecule has 6 heteroatoms. The third-order valence-electron chi connectivity index (χ3n) is 2.12.